The van der Waals surface area contributed by atoms with Gasteiger partial charge in [-0.15, -0.1) is 0 Å². The van der Waals surface area contributed by atoms with Crippen LogP contribution in [0.25, 0.3) is 0 Å². The summed E-state index contributed by atoms with van der Waals surface area (Å²) in [5.41, 5.74) is 3.65. The molecule has 0 aromatic heterocycles. The van der Waals surface area contributed by atoms with Crippen molar-refractivity contribution in [2.45, 2.75) is 45.8 Å². The van der Waals surface area contributed by atoms with Gasteiger partial charge in [-0.1, -0.05) is 44.2 Å². The first-order chi connectivity index (χ1) is 14.0. The summed E-state index contributed by atoms with van der Waals surface area (Å²) in [5, 5.41) is 0. The summed E-state index contributed by atoms with van der Waals surface area (Å²) in [6.45, 7) is 6.81. The Labute approximate surface area is 173 Å². The molecule has 2 atom stereocenters. The van der Waals surface area contributed by atoms with Crippen molar-refractivity contribution in [3.8, 4) is 11.5 Å². The number of nitrogens with zero attached hydrogens (tertiary/aromatic N) is 1. The van der Waals surface area contributed by atoms with Gasteiger partial charge in [-0.3, -0.25) is 9.69 Å². The van der Waals surface area contributed by atoms with Crippen molar-refractivity contribution in [2.75, 3.05) is 20.2 Å². The van der Waals surface area contributed by atoms with Gasteiger partial charge < -0.3 is 9.47 Å². The first kappa shape index (κ1) is 20.0. The summed E-state index contributed by atoms with van der Waals surface area (Å²) >= 11 is 0. The highest BCUT2D eigenvalue weighted by Crippen LogP contribution is 2.42. The fourth-order valence-corrected chi connectivity index (χ4v) is 4.74. The number of Topliss-reactive ketones (excluding diaryl/α,β-unsaturated/α-hetero) is 1. The Kier molecular flexibility index (Phi) is 5.91. The Morgan fingerprint density at radius 3 is 2.66 bits per heavy atom. The third-order valence-corrected chi connectivity index (χ3v) is 6.19. The molecule has 0 bridgehead atoms. The molecule has 2 aromatic rings. The summed E-state index contributed by atoms with van der Waals surface area (Å²) in [4.78, 5) is 15.3. The molecule has 0 N–H and O–H groups in total. The highest BCUT2D eigenvalue weighted by atomic mass is 16.5. The average Bonchev–Trinajstić information content (AvgIpc) is 2.72. The highest BCUT2D eigenvalue weighted by molar-refractivity contribution is 5.83. The second kappa shape index (κ2) is 8.58. The number of fused-ring (bicyclic) bond motifs is 3. The monoisotopic (exact) mass is 393 g/mol. The van der Waals surface area contributed by atoms with Gasteiger partial charge in [0.25, 0.3) is 0 Å². The molecule has 2 aliphatic heterocycles. The molecule has 1 saturated heterocycles. The first-order valence-electron chi connectivity index (χ1n) is 10.7. The maximum Gasteiger partial charge on any atom is 0.161 e. The standard InChI is InChI=1S/C25H31NO3/c1-17(2)11-20-15-26-10-9-19-12-25(29-16-18-7-5-4-6-8-18)24(28-3)13-21(19)22(26)14-23(20)27/h4-8,12-13,17,20,22H,9-11,14-16H2,1-3H3. The van der Waals surface area contributed by atoms with E-state index in [1.807, 2.05) is 18.2 Å². The molecular formula is C25H31NO3. The Morgan fingerprint density at radius 2 is 1.93 bits per heavy atom. The number of piperidine rings is 1. The maximum absolute atomic E-state index is 12.8. The molecule has 4 heteroatoms. The molecular weight excluding hydrogens is 362 g/mol. The van der Waals surface area contributed by atoms with E-state index < -0.39 is 0 Å². The van der Waals surface area contributed by atoms with E-state index >= 15 is 0 Å². The predicted octanol–water partition coefficient (Wildman–Crippen LogP) is 4.81. The molecule has 2 aromatic carbocycles. The summed E-state index contributed by atoms with van der Waals surface area (Å²) in [5.74, 6) is 2.68. The maximum atomic E-state index is 12.8. The predicted molar refractivity (Wildman–Crippen MR) is 114 cm³/mol. The van der Waals surface area contributed by atoms with Crippen LogP contribution >= 0.6 is 0 Å². The van der Waals surface area contributed by atoms with Gasteiger partial charge in [0.2, 0.25) is 0 Å². The van der Waals surface area contributed by atoms with Gasteiger partial charge >= 0.3 is 0 Å². The second-order valence-corrected chi connectivity index (χ2v) is 8.73. The van der Waals surface area contributed by atoms with Gasteiger partial charge in [0.1, 0.15) is 12.4 Å². The summed E-state index contributed by atoms with van der Waals surface area (Å²) in [6, 6.07) is 14.6. The van der Waals surface area contributed by atoms with Crippen LogP contribution in [0.3, 0.4) is 0 Å². The normalized spacial score (nSPS) is 21.6. The third-order valence-electron chi connectivity index (χ3n) is 6.19. The van der Waals surface area contributed by atoms with Gasteiger partial charge in [-0.25, -0.2) is 0 Å². The summed E-state index contributed by atoms with van der Waals surface area (Å²) in [7, 11) is 1.68. The Balaban J connectivity index is 1.55. The van der Waals surface area contributed by atoms with E-state index in [9.17, 15) is 4.79 Å². The molecule has 2 aliphatic rings. The zero-order valence-electron chi connectivity index (χ0n) is 17.7. The molecule has 0 amide bonds. The average molecular weight is 394 g/mol. The van der Waals surface area contributed by atoms with Crippen molar-refractivity contribution in [3.63, 3.8) is 0 Å². The summed E-state index contributed by atoms with van der Waals surface area (Å²) in [6.07, 6.45) is 2.59. The number of rotatable bonds is 6. The van der Waals surface area contributed by atoms with Crippen LogP contribution in [0.4, 0.5) is 0 Å². The number of hydrogen-bond donors (Lipinski definition) is 0. The van der Waals surface area contributed by atoms with Crippen molar-refractivity contribution in [1.29, 1.82) is 0 Å². The zero-order valence-corrected chi connectivity index (χ0v) is 17.7. The van der Waals surface area contributed by atoms with Crippen molar-refractivity contribution in [2.24, 2.45) is 11.8 Å². The van der Waals surface area contributed by atoms with E-state index in [1.165, 1.54) is 11.1 Å². The SMILES string of the molecule is COc1cc2c(cc1OCc1ccccc1)CCN1CC(CC(C)C)C(=O)CC21. The number of ketones is 1. The van der Waals surface area contributed by atoms with E-state index in [2.05, 4.69) is 43.0 Å². The number of carbonyl (C=O) groups is 1. The fraction of sp³-hybridized carbons (Fsp3) is 0.480. The van der Waals surface area contributed by atoms with Crippen LogP contribution < -0.4 is 9.47 Å². The molecule has 2 heterocycles. The number of benzene rings is 2. The lowest BCUT2D eigenvalue weighted by molar-refractivity contribution is -0.129. The van der Waals surface area contributed by atoms with E-state index in [0.29, 0.717) is 24.7 Å². The Bertz CT molecular complexity index is 862. The fourth-order valence-electron chi connectivity index (χ4n) is 4.74. The third kappa shape index (κ3) is 4.32. The van der Waals surface area contributed by atoms with Crippen molar-refractivity contribution < 1.29 is 14.3 Å². The second-order valence-electron chi connectivity index (χ2n) is 8.73. The summed E-state index contributed by atoms with van der Waals surface area (Å²) < 4.78 is 11.7. The van der Waals surface area contributed by atoms with Crippen molar-refractivity contribution >= 4 is 5.78 Å². The minimum absolute atomic E-state index is 0.173. The molecule has 0 spiro atoms. The smallest absolute Gasteiger partial charge is 0.161 e. The zero-order chi connectivity index (χ0) is 20.4. The first-order valence-corrected chi connectivity index (χ1v) is 10.7. The molecule has 29 heavy (non-hydrogen) atoms. The Morgan fingerprint density at radius 1 is 1.14 bits per heavy atom. The van der Waals surface area contributed by atoms with Crippen LogP contribution in [-0.4, -0.2) is 30.9 Å². The van der Waals surface area contributed by atoms with E-state index in [0.717, 1.165) is 43.0 Å². The molecule has 0 aliphatic carbocycles. The number of ether oxygens (including phenoxy) is 2. The molecule has 0 radical (unpaired) electrons. The molecule has 0 saturated carbocycles. The van der Waals surface area contributed by atoms with Gasteiger partial charge in [-0.05, 0) is 47.6 Å². The quantitative estimate of drug-likeness (QED) is 0.706. The van der Waals surface area contributed by atoms with Gasteiger partial charge in [0, 0.05) is 31.5 Å². The molecule has 4 rings (SSSR count). The van der Waals surface area contributed by atoms with Crippen LogP contribution in [0.15, 0.2) is 42.5 Å². The van der Waals surface area contributed by atoms with Crippen LogP contribution in [0, 0.1) is 11.8 Å². The molecule has 1 fully saturated rings. The Hall–Kier alpha value is -2.33. The highest BCUT2D eigenvalue weighted by Gasteiger charge is 2.38. The van der Waals surface area contributed by atoms with Crippen LogP contribution in [0.1, 0.15) is 49.4 Å². The lowest BCUT2D eigenvalue weighted by Gasteiger charge is -2.43. The minimum atomic E-state index is 0.173. The van der Waals surface area contributed by atoms with Gasteiger partial charge in [0.15, 0.2) is 11.5 Å². The van der Waals surface area contributed by atoms with E-state index in [-0.39, 0.29) is 12.0 Å². The minimum Gasteiger partial charge on any atom is -0.493 e. The lowest BCUT2D eigenvalue weighted by Crippen LogP contribution is -2.46. The lowest BCUT2D eigenvalue weighted by atomic mass is 9.80. The van der Waals surface area contributed by atoms with Gasteiger partial charge in [0.05, 0.1) is 7.11 Å². The van der Waals surface area contributed by atoms with Crippen molar-refractivity contribution in [3.05, 3.63) is 59.2 Å². The molecule has 2 unspecified atom stereocenters. The number of carbonyl (C=O) groups excluding carboxylic acids is 1. The topological polar surface area (TPSA) is 38.8 Å². The molecule has 154 valence electrons. The number of hydrogen-bond acceptors (Lipinski definition) is 4. The largest absolute Gasteiger partial charge is 0.493 e. The van der Waals surface area contributed by atoms with Gasteiger partial charge in [-0.2, -0.15) is 0 Å². The van der Waals surface area contributed by atoms with Crippen LogP contribution in [-0.2, 0) is 17.8 Å². The van der Waals surface area contributed by atoms with Crippen molar-refractivity contribution in [1.82, 2.24) is 4.90 Å². The number of methoxy groups -OCH3 is 1. The molecule has 4 nitrogen and oxygen atoms in total. The van der Waals surface area contributed by atoms with Crippen LogP contribution in [0.5, 0.6) is 11.5 Å². The van der Waals surface area contributed by atoms with E-state index in [1.54, 1.807) is 7.11 Å². The van der Waals surface area contributed by atoms with Crippen LogP contribution in [0.2, 0.25) is 0 Å². The van der Waals surface area contributed by atoms with E-state index in [4.69, 9.17) is 9.47 Å².